The molecule has 5 nitrogen and oxygen atoms in total. The maximum absolute atomic E-state index is 11.9. The Morgan fingerprint density at radius 2 is 1.26 bits per heavy atom. The van der Waals surface area contributed by atoms with Crippen LogP contribution >= 0.6 is 20.2 Å². The molecule has 0 bridgehead atoms. The third kappa shape index (κ3) is 10.0. The Morgan fingerprint density at radius 3 is 1.59 bits per heavy atom. The molecule has 0 aliphatic heterocycles. The lowest BCUT2D eigenvalue weighted by atomic mass is 10.00. The van der Waals surface area contributed by atoms with E-state index in [1.165, 1.54) is 11.8 Å². The van der Waals surface area contributed by atoms with Crippen molar-refractivity contribution in [3.8, 4) is 0 Å². The van der Waals surface area contributed by atoms with E-state index in [4.69, 9.17) is 9.26 Å². The molecule has 0 heterocycles. The number of hydrogen-bond donors (Lipinski definition) is 0. The lowest BCUT2D eigenvalue weighted by Gasteiger charge is -2.45. The Hall–Kier alpha value is 0.290. The van der Waals surface area contributed by atoms with Crippen LogP contribution < -0.4 is 0 Å². The van der Waals surface area contributed by atoms with E-state index in [9.17, 15) is 4.79 Å². The monoisotopic (exact) mass is 422 g/mol. The van der Waals surface area contributed by atoms with Crippen LogP contribution in [0.15, 0.2) is 0 Å². The van der Waals surface area contributed by atoms with E-state index in [0.29, 0.717) is 43.3 Å². The van der Waals surface area contributed by atoms with E-state index >= 15 is 0 Å². The van der Waals surface area contributed by atoms with Gasteiger partial charge in [0.15, 0.2) is 13.6 Å². The number of ether oxygens (including phenoxy) is 1. The lowest BCUT2D eigenvalue weighted by Crippen LogP contribution is -2.43. The summed E-state index contributed by atoms with van der Waals surface area (Å²) in [4.78, 5) is 11.9. The van der Waals surface area contributed by atoms with Crippen molar-refractivity contribution < 1.29 is 14.1 Å². The minimum absolute atomic E-state index is 0.155. The van der Waals surface area contributed by atoms with E-state index in [1.54, 1.807) is 0 Å². The van der Waals surface area contributed by atoms with Gasteiger partial charge in [-0.3, -0.25) is 4.79 Å². The SMILES string of the molecule is CC(C)N(C(C)C)P(OCCOCSC(=O)C(C)(C)C)N(C(C)C)C(C)C. The second-order valence-electron chi connectivity index (χ2n) is 8.93. The van der Waals surface area contributed by atoms with Crippen LogP contribution in [0.4, 0.5) is 0 Å². The van der Waals surface area contributed by atoms with E-state index in [1.807, 2.05) is 20.8 Å². The topological polar surface area (TPSA) is 42.0 Å². The zero-order chi connectivity index (χ0) is 21.4. The first-order valence-corrected chi connectivity index (χ1v) is 12.2. The maximum Gasteiger partial charge on any atom is 0.196 e. The van der Waals surface area contributed by atoms with Gasteiger partial charge < -0.3 is 9.26 Å². The quantitative estimate of drug-likeness (QED) is 0.227. The molecule has 0 aliphatic rings. The summed E-state index contributed by atoms with van der Waals surface area (Å²) >= 11 is 1.24. The highest BCUT2D eigenvalue weighted by atomic mass is 32.2. The van der Waals surface area contributed by atoms with Gasteiger partial charge in [0, 0.05) is 29.6 Å². The van der Waals surface area contributed by atoms with Crippen LogP contribution in [-0.4, -0.2) is 57.8 Å². The van der Waals surface area contributed by atoms with Crippen LogP contribution in [0, 0.1) is 5.41 Å². The van der Waals surface area contributed by atoms with Crippen molar-refractivity contribution in [1.29, 1.82) is 0 Å². The highest BCUT2D eigenvalue weighted by Gasteiger charge is 2.34. The maximum atomic E-state index is 11.9. The van der Waals surface area contributed by atoms with E-state index in [-0.39, 0.29) is 10.5 Å². The van der Waals surface area contributed by atoms with Crippen molar-refractivity contribution in [2.75, 3.05) is 19.2 Å². The molecule has 0 fully saturated rings. The Labute approximate surface area is 173 Å². The van der Waals surface area contributed by atoms with Crippen LogP contribution in [-0.2, 0) is 14.1 Å². The molecular weight excluding hydrogens is 379 g/mol. The predicted octanol–water partition coefficient (Wildman–Crippen LogP) is 5.75. The van der Waals surface area contributed by atoms with Gasteiger partial charge in [-0.2, -0.15) is 0 Å². The summed E-state index contributed by atoms with van der Waals surface area (Å²) in [6.07, 6.45) is 0. The summed E-state index contributed by atoms with van der Waals surface area (Å²) in [5.41, 5.74) is -0.330. The second kappa shape index (κ2) is 12.8. The van der Waals surface area contributed by atoms with Crippen LogP contribution in [0.2, 0.25) is 0 Å². The normalized spacial score (nSPS) is 13.4. The summed E-state index contributed by atoms with van der Waals surface area (Å²) in [5, 5.41) is 0.155. The molecule has 162 valence electrons. The molecule has 0 aliphatic carbocycles. The van der Waals surface area contributed by atoms with Gasteiger partial charge in [-0.1, -0.05) is 32.5 Å². The summed E-state index contributed by atoms with van der Waals surface area (Å²) in [7, 11) is -0.884. The highest BCUT2D eigenvalue weighted by Crippen LogP contribution is 2.50. The number of thioether (sulfide) groups is 1. The number of carbonyl (C=O) groups is 1. The van der Waals surface area contributed by atoms with Gasteiger partial charge in [0.1, 0.15) is 0 Å². The molecule has 0 aromatic rings. The third-order valence-electron chi connectivity index (χ3n) is 3.83. The van der Waals surface area contributed by atoms with Crippen LogP contribution in [0.5, 0.6) is 0 Å². The Morgan fingerprint density at radius 1 is 0.852 bits per heavy atom. The molecule has 0 aromatic heterocycles. The van der Waals surface area contributed by atoms with Crippen molar-refractivity contribution >= 4 is 25.3 Å². The summed E-state index contributed by atoms with van der Waals surface area (Å²) in [6.45, 7) is 24.6. The highest BCUT2D eigenvalue weighted by molar-refractivity contribution is 8.13. The minimum Gasteiger partial charge on any atom is -0.368 e. The standard InChI is InChI=1S/C20H43N2O3PS/c1-15(2)21(16(3)4)26(22(17(5)6)18(7)8)25-13-12-24-14-27-19(23)20(9,10)11/h15-18H,12-14H2,1-11H3. The summed E-state index contributed by atoms with van der Waals surface area (Å²) in [6, 6.07) is 1.60. The smallest absolute Gasteiger partial charge is 0.196 e. The lowest BCUT2D eigenvalue weighted by molar-refractivity contribution is -0.117. The van der Waals surface area contributed by atoms with Crippen molar-refractivity contribution in [1.82, 2.24) is 9.34 Å². The fourth-order valence-corrected chi connectivity index (χ4v) is 5.85. The van der Waals surface area contributed by atoms with Gasteiger partial charge in [-0.15, -0.1) is 0 Å². The second-order valence-corrected chi connectivity index (χ2v) is 11.5. The number of rotatable bonds is 12. The molecule has 0 unspecified atom stereocenters. The average molecular weight is 423 g/mol. The molecule has 0 atom stereocenters. The number of carbonyl (C=O) groups excluding carboxylic acids is 1. The summed E-state index contributed by atoms with van der Waals surface area (Å²) in [5.74, 6) is 0.382. The molecule has 0 amide bonds. The van der Waals surface area contributed by atoms with Gasteiger partial charge in [0.25, 0.3) is 0 Å². The van der Waals surface area contributed by atoms with Gasteiger partial charge in [0.05, 0.1) is 19.2 Å². The van der Waals surface area contributed by atoms with E-state index in [2.05, 4.69) is 64.7 Å². The average Bonchev–Trinajstić information content (AvgIpc) is 2.47. The molecule has 27 heavy (non-hydrogen) atoms. The third-order valence-corrected chi connectivity index (χ3v) is 8.04. The zero-order valence-electron chi connectivity index (χ0n) is 19.4. The first-order valence-electron chi connectivity index (χ1n) is 10.0. The fourth-order valence-electron chi connectivity index (χ4n) is 2.78. The van der Waals surface area contributed by atoms with Gasteiger partial charge in [-0.05, 0) is 55.4 Å². The molecule has 0 saturated heterocycles. The van der Waals surface area contributed by atoms with Crippen LogP contribution in [0.1, 0.15) is 76.2 Å². The van der Waals surface area contributed by atoms with Crippen LogP contribution in [0.25, 0.3) is 0 Å². The predicted molar refractivity (Wildman–Crippen MR) is 120 cm³/mol. The molecule has 0 N–H and O–H groups in total. The fraction of sp³-hybridized carbons (Fsp3) is 0.950. The summed E-state index contributed by atoms with van der Waals surface area (Å²) < 4.78 is 17.0. The molecule has 0 rings (SSSR count). The van der Waals surface area contributed by atoms with Crippen LogP contribution in [0.3, 0.4) is 0 Å². The first-order chi connectivity index (χ1) is 12.3. The molecule has 0 saturated carbocycles. The van der Waals surface area contributed by atoms with Crippen molar-refractivity contribution in [2.24, 2.45) is 5.41 Å². The van der Waals surface area contributed by atoms with E-state index in [0.717, 1.165) is 0 Å². The van der Waals surface area contributed by atoms with Crippen molar-refractivity contribution in [2.45, 2.75) is 100 Å². The Balaban J connectivity index is 4.81. The first kappa shape index (κ1) is 27.3. The zero-order valence-corrected chi connectivity index (χ0v) is 21.1. The minimum atomic E-state index is -0.884. The van der Waals surface area contributed by atoms with Crippen molar-refractivity contribution in [3.63, 3.8) is 0 Å². The van der Waals surface area contributed by atoms with E-state index < -0.39 is 8.45 Å². The molecule has 7 heteroatoms. The Kier molecular flexibility index (Phi) is 12.9. The number of hydrogen-bond acceptors (Lipinski definition) is 6. The molecule has 0 aromatic carbocycles. The number of nitrogens with zero attached hydrogens (tertiary/aromatic N) is 2. The van der Waals surface area contributed by atoms with Gasteiger partial charge in [-0.25, -0.2) is 9.34 Å². The largest absolute Gasteiger partial charge is 0.368 e. The van der Waals surface area contributed by atoms with Crippen molar-refractivity contribution in [3.05, 3.63) is 0 Å². The van der Waals surface area contributed by atoms with Gasteiger partial charge >= 0.3 is 0 Å². The Bertz CT molecular complexity index is 390. The van der Waals surface area contributed by atoms with Gasteiger partial charge in [0.2, 0.25) is 0 Å². The molecular formula is C20H43N2O3PS. The molecule has 0 spiro atoms. The molecule has 0 radical (unpaired) electrons.